The Balaban J connectivity index is 1.93. The van der Waals surface area contributed by atoms with Crippen molar-refractivity contribution in [1.29, 1.82) is 0 Å². The fourth-order valence-corrected chi connectivity index (χ4v) is 1.33. The number of hydrogen-bond donors (Lipinski definition) is 0. The fraction of sp³-hybridized carbons (Fsp3) is 0.667. The molecule has 0 aromatic carbocycles. The van der Waals surface area contributed by atoms with Gasteiger partial charge in [0, 0.05) is 12.2 Å². The van der Waals surface area contributed by atoms with Crippen molar-refractivity contribution < 1.29 is 4.74 Å². The third kappa shape index (κ3) is 1.53. The lowest BCUT2D eigenvalue weighted by molar-refractivity contribution is 0.00995. The predicted octanol–water partition coefficient (Wildman–Crippen LogP) is 1.65. The summed E-state index contributed by atoms with van der Waals surface area (Å²) in [5.41, 5.74) is 0.480. The molecule has 0 N–H and O–H groups in total. The molecule has 2 heteroatoms. The molecule has 1 unspecified atom stereocenters. The van der Waals surface area contributed by atoms with Crippen LogP contribution in [0, 0.1) is 0 Å². The molecular formula is C6H10OS. The van der Waals surface area contributed by atoms with E-state index in [0.29, 0.717) is 5.44 Å². The van der Waals surface area contributed by atoms with Crippen LogP contribution in [0.2, 0.25) is 0 Å². The van der Waals surface area contributed by atoms with Crippen molar-refractivity contribution in [2.75, 3.05) is 12.4 Å². The quantitative estimate of drug-likeness (QED) is 0.537. The van der Waals surface area contributed by atoms with Gasteiger partial charge in [-0.1, -0.05) is 6.08 Å². The summed E-state index contributed by atoms with van der Waals surface area (Å²) in [6.07, 6.45) is 3.13. The highest BCUT2D eigenvalue weighted by atomic mass is 32.2. The standard InChI is InChI=1S/C6H10OS/c1-2-5-8-6-3-4-7-6/h2,6H,1,3-5H2. The van der Waals surface area contributed by atoms with Crippen LogP contribution in [0.15, 0.2) is 12.7 Å². The zero-order valence-electron chi connectivity index (χ0n) is 4.80. The van der Waals surface area contributed by atoms with E-state index in [0.717, 1.165) is 12.4 Å². The average molecular weight is 130 g/mol. The smallest absolute Gasteiger partial charge is 0.105 e. The Bertz CT molecular complexity index is 78.6. The maximum Gasteiger partial charge on any atom is 0.105 e. The molecule has 1 aliphatic heterocycles. The summed E-state index contributed by atoms with van der Waals surface area (Å²) in [6, 6.07) is 0. The summed E-state index contributed by atoms with van der Waals surface area (Å²) in [5.74, 6) is 1.02. The number of hydrogen-bond acceptors (Lipinski definition) is 2. The van der Waals surface area contributed by atoms with E-state index in [9.17, 15) is 0 Å². The molecule has 0 aliphatic carbocycles. The lowest BCUT2D eigenvalue weighted by Gasteiger charge is -2.24. The van der Waals surface area contributed by atoms with Crippen molar-refractivity contribution in [3.63, 3.8) is 0 Å². The van der Waals surface area contributed by atoms with Crippen molar-refractivity contribution in [2.24, 2.45) is 0 Å². The summed E-state index contributed by atoms with van der Waals surface area (Å²) in [4.78, 5) is 0. The Hall–Kier alpha value is 0.0500. The lowest BCUT2D eigenvalue weighted by atomic mass is 10.4. The molecule has 1 heterocycles. The molecule has 1 rings (SSSR count). The maximum absolute atomic E-state index is 5.15. The Morgan fingerprint density at radius 2 is 2.62 bits per heavy atom. The van der Waals surface area contributed by atoms with E-state index in [-0.39, 0.29) is 0 Å². The highest BCUT2D eigenvalue weighted by Crippen LogP contribution is 2.23. The fourth-order valence-electron chi connectivity index (χ4n) is 0.521. The molecule has 0 saturated carbocycles. The van der Waals surface area contributed by atoms with Crippen molar-refractivity contribution in [3.8, 4) is 0 Å². The van der Waals surface area contributed by atoms with E-state index in [1.165, 1.54) is 6.42 Å². The van der Waals surface area contributed by atoms with Crippen molar-refractivity contribution in [3.05, 3.63) is 12.7 Å². The third-order valence-corrected chi connectivity index (χ3v) is 2.23. The first-order chi connectivity index (χ1) is 3.93. The van der Waals surface area contributed by atoms with Crippen LogP contribution >= 0.6 is 11.8 Å². The van der Waals surface area contributed by atoms with Crippen molar-refractivity contribution in [2.45, 2.75) is 11.9 Å². The zero-order valence-corrected chi connectivity index (χ0v) is 5.62. The molecule has 0 spiro atoms. The van der Waals surface area contributed by atoms with E-state index in [4.69, 9.17) is 4.74 Å². The zero-order chi connectivity index (χ0) is 5.82. The van der Waals surface area contributed by atoms with Gasteiger partial charge in [-0.05, 0) is 0 Å². The highest BCUT2D eigenvalue weighted by Gasteiger charge is 2.16. The van der Waals surface area contributed by atoms with Crippen LogP contribution < -0.4 is 0 Å². The Labute approximate surface area is 54.1 Å². The van der Waals surface area contributed by atoms with Crippen LogP contribution in [0.25, 0.3) is 0 Å². The van der Waals surface area contributed by atoms with Crippen LogP contribution in [0.4, 0.5) is 0 Å². The largest absolute Gasteiger partial charge is 0.367 e. The van der Waals surface area contributed by atoms with Gasteiger partial charge in [-0.2, -0.15) is 0 Å². The molecule has 1 aliphatic rings. The average Bonchev–Trinajstić information content (AvgIpc) is 1.63. The van der Waals surface area contributed by atoms with Gasteiger partial charge in [0.25, 0.3) is 0 Å². The van der Waals surface area contributed by atoms with Gasteiger partial charge in [0.2, 0.25) is 0 Å². The van der Waals surface area contributed by atoms with Gasteiger partial charge in [-0.25, -0.2) is 0 Å². The minimum absolute atomic E-state index is 0.480. The van der Waals surface area contributed by atoms with Gasteiger partial charge in [-0.3, -0.25) is 0 Å². The summed E-state index contributed by atoms with van der Waals surface area (Å²) >= 11 is 1.82. The maximum atomic E-state index is 5.15. The second-order valence-electron chi connectivity index (χ2n) is 1.71. The van der Waals surface area contributed by atoms with Gasteiger partial charge < -0.3 is 4.74 Å². The van der Waals surface area contributed by atoms with E-state index in [2.05, 4.69) is 6.58 Å². The van der Waals surface area contributed by atoms with Gasteiger partial charge in [-0.15, -0.1) is 18.3 Å². The summed E-state index contributed by atoms with van der Waals surface area (Å²) < 4.78 is 5.15. The minimum Gasteiger partial charge on any atom is -0.367 e. The highest BCUT2D eigenvalue weighted by molar-refractivity contribution is 7.99. The minimum atomic E-state index is 0.480. The van der Waals surface area contributed by atoms with Crippen molar-refractivity contribution >= 4 is 11.8 Å². The molecule has 0 bridgehead atoms. The van der Waals surface area contributed by atoms with Gasteiger partial charge in [0.1, 0.15) is 5.44 Å². The van der Waals surface area contributed by atoms with E-state index in [1.807, 2.05) is 17.8 Å². The van der Waals surface area contributed by atoms with Crippen LogP contribution in [0.3, 0.4) is 0 Å². The van der Waals surface area contributed by atoms with Gasteiger partial charge >= 0.3 is 0 Å². The molecule has 0 aromatic rings. The van der Waals surface area contributed by atoms with Crippen LogP contribution in [-0.2, 0) is 4.74 Å². The normalized spacial score (nSPS) is 26.8. The first-order valence-electron chi connectivity index (χ1n) is 2.77. The van der Waals surface area contributed by atoms with E-state index < -0.39 is 0 Å². The second kappa shape index (κ2) is 3.15. The molecule has 0 radical (unpaired) electrons. The first kappa shape index (κ1) is 6.17. The van der Waals surface area contributed by atoms with E-state index in [1.54, 1.807) is 0 Å². The van der Waals surface area contributed by atoms with Crippen LogP contribution in [-0.4, -0.2) is 17.8 Å². The molecule has 0 aromatic heterocycles. The molecule has 1 saturated heterocycles. The monoisotopic (exact) mass is 130 g/mol. The number of thioether (sulfide) groups is 1. The molecular weight excluding hydrogens is 120 g/mol. The molecule has 1 fully saturated rings. The lowest BCUT2D eigenvalue weighted by Crippen LogP contribution is -2.23. The van der Waals surface area contributed by atoms with Crippen LogP contribution in [0.5, 0.6) is 0 Å². The molecule has 1 atom stereocenters. The summed E-state index contributed by atoms with van der Waals surface area (Å²) in [7, 11) is 0. The molecule has 8 heavy (non-hydrogen) atoms. The first-order valence-corrected chi connectivity index (χ1v) is 3.82. The van der Waals surface area contributed by atoms with Gasteiger partial charge in [0.05, 0.1) is 6.61 Å². The Morgan fingerprint density at radius 3 is 3.00 bits per heavy atom. The van der Waals surface area contributed by atoms with Gasteiger partial charge in [0.15, 0.2) is 0 Å². The second-order valence-corrected chi connectivity index (χ2v) is 2.90. The Kier molecular flexibility index (Phi) is 2.43. The van der Waals surface area contributed by atoms with Crippen molar-refractivity contribution in [1.82, 2.24) is 0 Å². The third-order valence-electron chi connectivity index (χ3n) is 1.06. The summed E-state index contributed by atoms with van der Waals surface area (Å²) in [5, 5.41) is 0. The molecule has 0 amide bonds. The molecule has 46 valence electrons. The number of ether oxygens (including phenoxy) is 1. The SMILES string of the molecule is C=CCSC1CCO1. The topological polar surface area (TPSA) is 9.23 Å². The van der Waals surface area contributed by atoms with E-state index >= 15 is 0 Å². The summed E-state index contributed by atoms with van der Waals surface area (Å²) in [6.45, 7) is 4.57. The predicted molar refractivity (Wildman–Crippen MR) is 37.0 cm³/mol. The Morgan fingerprint density at radius 1 is 1.88 bits per heavy atom. The number of rotatable bonds is 3. The molecule has 1 nitrogen and oxygen atoms in total. The van der Waals surface area contributed by atoms with Crippen LogP contribution in [0.1, 0.15) is 6.42 Å².